The first-order valence-electron chi connectivity index (χ1n) is 9.15. The molecule has 1 aliphatic heterocycles. The molecule has 118 valence electrons. The summed E-state index contributed by atoms with van der Waals surface area (Å²) in [6.07, 6.45) is 8.70. The summed E-state index contributed by atoms with van der Waals surface area (Å²) in [6.45, 7) is 15.0. The molecular formula is C18H36N2. The lowest BCUT2D eigenvalue weighted by atomic mass is 9.80. The molecule has 0 radical (unpaired) electrons. The van der Waals surface area contributed by atoms with Crippen molar-refractivity contribution in [1.82, 2.24) is 9.80 Å². The molecule has 2 aliphatic rings. The van der Waals surface area contributed by atoms with Crippen LogP contribution in [-0.2, 0) is 0 Å². The summed E-state index contributed by atoms with van der Waals surface area (Å²) in [4.78, 5) is 5.42. The fraction of sp³-hybridized carbons (Fsp3) is 1.00. The molecule has 2 rings (SSSR count). The van der Waals surface area contributed by atoms with E-state index in [-0.39, 0.29) is 0 Å². The number of piperazine rings is 1. The molecule has 0 spiro atoms. The van der Waals surface area contributed by atoms with Gasteiger partial charge in [0.1, 0.15) is 0 Å². The highest BCUT2D eigenvalue weighted by Gasteiger charge is 2.24. The summed E-state index contributed by atoms with van der Waals surface area (Å²) in [5, 5.41) is 0. The molecule has 2 fully saturated rings. The third-order valence-corrected chi connectivity index (χ3v) is 5.79. The van der Waals surface area contributed by atoms with Crippen molar-refractivity contribution in [3.8, 4) is 0 Å². The second kappa shape index (κ2) is 8.38. The molecule has 2 nitrogen and oxygen atoms in total. The third-order valence-electron chi connectivity index (χ3n) is 5.79. The second-order valence-electron chi connectivity index (χ2n) is 7.41. The molecule has 0 aromatic heterocycles. The Balaban J connectivity index is 1.62. The second-order valence-corrected chi connectivity index (χ2v) is 7.41. The molecule has 0 aromatic carbocycles. The lowest BCUT2D eigenvalue weighted by Gasteiger charge is -2.38. The van der Waals surface area contributed by atoms with E-state index in [9.17, 15) is 0 Å². The highest BCUT2D eigenvalue weighted by atomic mass is 15.3. The zero-order valence-corrected chi connectivity index (χ0v) is 14.1. The lowest BCUT2D eigenvalue weighted by molar-refractivity contribution is 0.0955. The topological polar surface area (TPSA) is 6.48 Å². The van der Waals surface area contributed by atoms with Gasteiger partial charge in [0.2, 0.25) is 0 Å². The van der Waals surface area contributed by atoms with Crippen LogP contribution in [0.2, 0.25) is 0 Å². The van der Waals surface area contributed by atoms with Crippen LogP contribution in [0.3, 0.4) is 0 Å². The first-order valence-corrected chi connectivity index (χ1v) is 9.15. The monoisotopic (exact) mass is 280 g/mol. The summed E-state index contributed by atoms with van der Waals surface area (Å²) >= 11 is 0. The molecular weight excluding hydrogens is 244 g/mol. The van der Waals surface area contributed by atoms with Crippen LogP contribution in [0.25, 0.3) is 0 Å². The van der Waals surface area contributed by atoms with Crippen molar-refractivity contribution in [2.45, 2.75) is 59.3 Å². The van der Waals surface area contributed by atoms with Gasteiger partial charge in [-0.2, -0.15) is 0 Å². The van der Waals surface area contributed by atoms with E-state index in [1.54, 1.807) is 0 Å². The maximum atomic E-state index is 2.74. The van der Waals surface area contributed by atoms with Gasteiger partial charge >= 0.3 is 0 Å². The summed E-state index contributed by atoms with van der Waals surface area (Å²) in [5.41, 5.74) is 0. The zero-order valence-electron chi connectivity index (χ0n) is 14.1. The van der Waals surface area contributed by atoms with Crippen molar-refractivity contribution in [1.29, 1.82) is 0 Å². The van der Waals surface area contributed by atoms with Crippen LogP contribution in [0, 0.1) is 17.8 Å². The molecule has 0 aromatic rings. The average Bonchev–Trinajstić information content (AvgIpc) is 2.50. The maximum absolute atomic E-state index is 2.74. The molecule has 1 unspecified atom stereocenters. The smallest absolute Gasteiger partial charge is 0.0110 e. The van der Waals surface area contributed by atoms with Gasteiger partial charge in [-0.25, -0.2) is 0 Å². The van der Waals surface area contributed by atoms with Crippen LogP contribution < -0.4 is 0 Å². The highest BCUT2D eigenvalue weighted by Crippen LogP contribution is 2.31. The van der Waals surface area contributed by atoms with E-state index in [2.05, 4.69) is 30.6 Å². The highest BCUT2D eigenvalue weighted by molar-refractivity contribution is 4.78. The Kier molecular flexibility index (Phi) is 6.83. The van der Waals surface area contributed by atoms with Crippen molar-refractivity contribution in [3.63, 3.8) is 0 Å². The third kappa shape index (κ3) is 5.04. The van der Waals surface area contributed by atoms with Crippen LogP contribution in [0.15, 0.2) is 0 Å². The van der Waals surface area contributed by atoms with E-state index in [0.717, 1.165) is 17.8 Å². The normalized spacial score (nSPS) is 31.4. The van der Waals surface area contributed by atoms with Crippen molar-refractivity contribution in [2.24, 2.45) is 17.8 Å². The van der Waals surface area contributed by atoms with Crippen LogP contribution >= 0.6 is 0 Å². The fourth-order valence-corrected chi connectivity index (χ4v) is 3.91. The molecule has 2 heteroatoms. The fourth-order valence-electron chi connectivity index (χ4n) is 3.91. The first-order chi connectivity index (χ1) is 9.71. The Morgan fingerprint density at radius 3 is 1.95 bits per heavy atom. The maximum Gasteiger partial charge on any atom is 0.0110 e. The first kappa shape index (κ1) is 16.3. The Morgan fingerprint density at radius 1 is 0.850 bits per heavy atom. The SMILES string of the molecule is CCC(C)CN1CCN(CC2CCC(CC)CC2)CC1. The number of hydrogen-bond acceptors (Lipinski definition) is 2. The van der Waals surface area contributed by atoms with Gasteiger partial charge in [-0.3, -0.25) is 0 Å². The van der Waals surface area contributed by atoms with Gasteiger partial charge in [0.05, 0.1) is 0 Å². The van der Waals surface area contributed by atoms with E-state index < -0.39 is 0 Å². The lowest BCUT2D eigenvalue weighted by Crippen LogP contribution is -2.48. The van der Waals surface area contributed by atoms with Crippen LogP contribution in [0.4, 0.5) is 0 Å². The number of nitrogens with zero attached hydrogens (tertiary/aromatic N) is 2. The average molecular weight is 280 g/mol. The summed E-state index contributed by atoms with van der Waals surface area (Å²) in [6, 6.07) is 0. The van der Waals surface area contributed by atoms with Crippen molar-refractivity contribution < 1.29 is 0 Å². The van der Waals surface area contributed by atoms with Gasteiger partial charge in [-0.1, -0.05) is 46.5 Å². The number of rotatable bonds is 6. The molecule has 1 atom stereocenters. The van der Waals surface area contributed by atoms with Gasteiger partial charge in [0.25, 0.3) is 0 Å². The zero-order chi connectivity index (χ0) is 14.4. The minimum atomic E-state index is 0.867. The van der Waals surface area contributed by atoms with Crippen LogP contribution in [-0.4, -0.2) is 49.1 Å². The standard InChI is InChI=1S/C18H36N2/c1-4-16(3)14-19-10-12-20(13-11-19)15-18-8-6-17(5-2)7-9-18/h16-18H,4-15H2,1-3H3. The van der Waals surface area contributed by atoms with Gasteiger partial charge in [-0.15, -0.1) is 0 Å². The van der Waals surface area contributed by atoms with Gasteiger partial charge in [0.15, 0.2) is 0 Å². The van der Waals surface area contributed by atoms with Gasteiger partial charge < -0.3 is 9.80 Å². The van der Waals surface area contributed by atoms with E-state index in [1.165, 1.54) is 77.8 Å². The summed E-state index contributed by atoms with van der Waals surface area (Å²) in [5.74, 6) is 2.91. The molecule has 0 amide bonds. The predicted molar refractivity (Wildman–Crippen MR) is 88.1 cm³/mol. The largest absolute Gasteiger partial charge is 0.301 e. The number of hydrogen-bond donors (Lipinski definition) is 0. The molecule has 1 aliphatic carbocycles. The Labute approximate surface area is 126 Å². The molecule has 1 heterocycles. The Bertz CT molecular complexity index is 250. The minimum absolute atomic E-state index is 0.867. The minimum Gasteiger partial charge on any atom is -0.301 e. The molecule has 0 bridgehead atoms. The van der Waals surface area contributed by atoms with Crippen molar-refractivity contribution in [2.75, 3.05) is 39.3 Å². The molecule has 0 N–H and O–H groups in total. The predicted octanol–water partition coefficient (Wildman–Crippen LogP) is 3.87. The Hall–Kier alpha value is -0.0800. The summed E-state index contributed by atoms with van der Waals surface area (Å²) < 4.78 is 0. The van der Waals surface area contributed by atoms with Crippen molar-refractivity contribution >= 4 is 0 Å². The van der Waals surface area contributed by atoms with Gasteiger partial charge in [-0.05, 0) is 30.6 Å². The van der Waals surface area contributed by atoms with E-state index >= 15 is 0 Å². The van der Waals surface area contributed by atoms with Crippen LogP contribution in [0.5, 0.6) is 0 Å². The van der Waals surface area contributed by atoms with Gasteiger partial charge in [0, 0.05) is 39.3 Å². The molecule has 20 heavy (non-hydrogen) atoms. The van der Waals surface area contributed by atoms with E-state index in [4.69, 9.17) is 0 Å². The quantitative estimate of drug-likeness (QED) is 0.729. The van der Waals surface area contributed by atoms with E-state index in [0.29, 0.717) is 0 Å². The molecule has 1 saturated carbocycles. The Morgan fingerprint density at radius 2 is 1.40 bits per heavy atom. The van der Waals surface area contributed by atoms with Crippen LogP contribution in [0.1, 0.15) is 59.3 Å². The molecule has 1 saturated heterocycles. The van der Waals surface area contributed by atoms with E-state index in [1.807, 2.05) is 0 Å². The van der Waals surface area contributed by atoms with Crippen molar-refractivity contribution in [3.05, 3.63) is 0 Å². The summed E-state index contributed by atoms with van der Waals surface area (Å²) in [7, 11) is 0.